The van der Waals surface area contributed by atoms with Crippen molar-refractivity contribution in [2.24, 2.45) is 0 Å². The van der Waals surface area contributed by atoms with Crippen LogP contribution in [0.1, 0.15) is 18.2 Å². The Morgan fingerprint density at radius 2 is 2.00 bits per heavy atom. The van der Waals surface area contributed by atoms with E-state index in [0.29, 0.717) is 40.2 Å². The standard InChI is InChI=1S/C21H18BrFN6O/c1-2-24-21(30)27-15-5-3-4-13(8-15)9-16-11-25-20-26-12-19(28-29(16)20)14-6-7-17(22)18(23)10-14/h3-8,10-12H,2,9H2,1H3,(H2,24,27,30). The second-order valence-corrected chi connectivity index (χ2v) is 7.45. The lowest BCUT2D eigenvalue weighted by Gasteiger charge is -2.08. The average molecular weight is 469 g/mol. The van der Waals surface area contributed by atoms with Crippen LogP contribution in [0.4, 0.5) is 14.9 Å². The molecule has 2 heterocycles. The molecule has 0 aliphatic heterocycles. The van der Waals surface area contributed by atoms with Gasteiger partial charge in [0, 0.05) is 24.2 Å². The number of anilines is 1. The predicted octanol–water partition coefficient (Wildman–Crippen LogP) is 4.43. The highest BCUT2D eigenvalue weighted by Crippen LogP contribution is 2.23. The number of amides is 2. The van der Waals surface area contributed by atoms with Crippen molar-refractivity contribution in [1.82, 2.24) is 24.9 Å². The lowest BCUT2D eigenvalue weighted by atomic mass is 10.1. The molecule has 0 saturated carbocycles. The maximum Gasteiger partial charge on any atom is 0.319 e. The Morgan fingerprint density at radius 1 is 1.17 bits per heavy atom. The van der Waals surface area contributed by atoms with Crippen LogP contribution in [0, 0.1) is 5.82 Å². The highest BCUT2D eigenvalue weighted by Gasteiger charge is 2.11. The SMILES string of the molecule is CCNC(=O)Nc1cccc(Cc2cnc3ncc(-c4ccc(Br)c(F)c4)nn23)c1. The number of aromatic nitrogens is 4. The van der Waals surface area contributed by atoms with E-state index in [4.69, 9.17) is 0 Å². The van der Waals surface area contributed by atoms with Gasteiger partial charge < -0.3 is 10.6 Å². The smallest absolute Gasteiger partial charge is 0.319 e. The number of imidazole rings is 1. The molecule has 4 rings (SSSR count). The summed E-state index contributed by atoms with van der Waals surface area (Å²) in [6.07, 6.45) is 3.83. The third-order valence-corrected chi connectivity index (χ3v) is 5.07. The van der Waals surface area contributed by atoms with Gasteiger partial charge in [-0.1, -0.05) is 18.2 Å². The largest absolute Gasteiger partial charge is 0.338 e. The number of nitrogens with zero attached hydrogens (tertiary/aromatic N) is 4. The van der Waals surface area contributed by atoms with Gasteiger partial charge in [0.15, 0.2) is 0 Å². The fraction of sp³-hybridized carbons (Fsp3) is 0.143. The van der Waals surface area contributed by atoms with Crippen LogP contribution in [0.3, 0.4) is 0 Å². The van der Waals surface area contributed by atoms with E-state index in [9.17, 15) is 9.18 Å². The average Bonchev–Trinajstić information content (AvgIpc) is 3.12. The van der Waals surface area contributed by atoms with E-state index in [1.807, 2.05) is 31.2 Å². The summed E-state index contributed by atoms with van der Waals surface area (Å²) >= 11 is 3.16. The zero-order chi connectivity index (χ0) is 21.1. The molecular formula is C21H18BrFN6O. The molecule has 2 amide bonds. The van der Waals surface area contributed by atoms with Crippen LogP contribution in [0.5, 0.6) is 0 Å². The van der Waals surface area contributed by atoms with Crippen LogP contribution in [0.2, 0.25) is 0 Å². The van der Waals surface area contributed by atoms with Crippen molar-refractivity contribution >= 4 is 33.4 Å². The molecule has 0 spiro atoms. The molecular weight excluding hydrogens is 451 g/mol. The van der Waals surface area contributed by atoms with Gasteiger partial charge in [-0.15, -0.1) is 0 Å². The normalized spacial score (nSPS) is 10.9. The van der Waals surface area contributed by atoms with Gasteiger partial charge in [0.25, 0.3) is 5.78 Å². The van der Waals surface area contributed by atoms with Crippen LogP contribution in [0.25, 0.3) is 17.0 Å². The summed E-state index contributed by atoms with van der Waals surface area (Å²) in [5, 5.41) is 10.1. The minimum atomic E-state index is -0.364. The molecule has 2 N–H and O–H groups in total. The molecule has 0 saturated heterocycles. The van der Waals surface area contributed by atoms with Crippen LogP contribution in [-0.2, 0) is 6.42 Å². The molecule has 9 heteroatoms. The van der Waals surface area contributed by atoms with Crippen LogP contribution >= 0.6 is 15.9 Å². The summed E-state index contributed by atoms with van der Waals surface area (Å²) in [4.78, 5) is 20.4. The Labute approximate surface area is 180 Å². The number of carbonyl (C=O) groups excluding carboxylic acids is 1. The van der Waals surface area contributed by atoms with E-state index in [1.165, 1.54) is 6.07 Å². The molecule has 4 aromatic rings. The van der Waals surface area contributed by atoms with Crippen molar-refractivity contribution in [1.29, 1.82) is 0 Å². The third kappa shape index (κ3) is 4.30. The van der Waals surface area contributed by atoms with Gasteiger partial charge in [-0.3, -0.25) is 0 Å². The summed E-state index contributed by atoms with van der Waals surface area (Å²) in [5.74, 6) is 0.0969. The number of benzene rings is 2. The fourth-order valence-corrected chi connectivity index (χ4v) is 3.28. The van der Waals surface area contributed by atoms with Gasteiger partial charge in [0.2, 0.25) is 0 Å². The Morgan fingerprint density at radius 3 is 2.80 bits per heavy atom. The van der Waals surface area contributed by atoms with Gasteiger partial charge in [-0.2, -0.15) is 5.10 Å². The molecule has 0 fully saturated rings. The summed E-state index contributed by atoms with van der Waals surface area (Å²) in [6, 6.07) is 12.1. The van der Waals surface area contributed by atoms with Crippen LogP contribution < -0.4 is 10.6 Å². The maximum atomic E-state index is 13.9. The Kier molecular flexibility index (Phi) is 5.71. The Bertz CT molecular complexity index is 1230. The number of hydrogen-bond donors (Lipinski definition) is 2. The summed E-state index contributed by atoms with van der Waals surface area (Å²) in [7, 11) is 0. The van der Waals surface area contributed by atoms with E-state index >= 15 is 0 Å². The van der Waals surface area contributed by atoms with Crippen molar-refractivity contribution in [2.45, 2.75) is 13.3 Å². The Hall–Kier alpha value is -3.33. The second kappa shape index (κ2) is 8.58. The molecule has 0 radical (unpaired) electrons. The van der Waals surface area contributed by atoms with Crippen LogP contribution in [0.15, 0.2) is 59.3 Å². The molecule has 152 valence electrons. The number of carbonyl (C=O) groups is 1. The van der Waals surface area contributed by atoms with E-state index in [1.54, 1.807) is 29.0 Å². The molecule has 0 aliphatic rings. The van der Waals surface area contributed by atoms with E-state index in [2.05, 4.69) is 41.6 Å². The molecule has 0 unspecified atom stereocenters. The molecule has 0 bridgehead atoms. The highest BCUT2D eigenvalue weighted by atomic mass is 79.9. The summed E-state index contributed by atoms with van der Waals surface area (Å²) in [5.41, 5.74) is 3.67. The maximum absolute atomic E-state index is 13.9. The van der Waals surface area contributed by atoms with Gasteiger partial charge in [0.05, 0.1) is 22.6 Å². The van der Waals surface area contributed by atoms with Crippen molar-refractivity contribution in [3.8, 4) is 11.3 Å². The second-order valence-electron chi connectivity index (χ2n) is 6.60. The zero-order valence-electron chi connectivity index (χ0n) is 16.1. The Balaban J connectivity index is 1.62. The minimum absolute atomic E-state index is 0.248. The molecule has 0 aliphatic carbocycles. The molecule has 30 heavy (non-hydrogen) atoms. The van der Waals surface area contributed by atoms with Crippen molar-refractivity contribution < 1.29 is 9.18 Å². The minimum Gasteiger partial charge on any atom is -0.338 e. The number of hydrogen-bond acceptors (Lipinski definition) is 4. The highest BCUT2D eigenvalue weighted by molar-refractivity contribution is 9.10. The molecule has 0 atom stereocenters. The number of nitrogens with one attached hydrogen (secondary N) is 2. The molecule has 7 nitrogen and oxygen atoms in total. The fourth-order valence-electron chi connectivity index (χ4n) is 3.03. The van der Waals surface area contributed by atoms with Crippen molar-refractivity contribution in [3.05, 3.63) is 76.4 Å². The van der Waals surface area contributed by atoms with Gasteiger partial charge in [-0.05, 0) is 52.7 Å². The number of fused-ring (bicyclic) bond motifs is 1. The van der Waals surface area contributed by atoms with Crippen LogP contribution in [-0.4, -0.2) is 32.2 Å². The van der Waals surface area contributed by atoms with Crippen molar-refractivity contribution in [3.63, 3.8) is 0 Å². The third-order valence-electron chi connectivity index (χ3n) is 4.42. The predicted molar refractivity (Wildman–Crippen MR) is 116 cm³/mol. The number of halogens is 2. The molecule has 2 aromatic carbocycles. The lowest BCUT2D eigenvalue weighted by molar-refractivity contribution is 0.252. The van der Waals surface area contributed by atoms with Crippen molar-refractivity contribution in [2.75, 3.05) is 11.9 Å². The van der Waals surface area contributed by atoms with E-state index < -0.39 is 0 Å². The first-order chi connectivity index (χ1) is 14.5. The lowest BCUT2D eigenvalue weighted by Crippen LogP contribution is -2.28. The van der Waals surface area contributed by atoms with E-state index in [0.717, 1.165) is 11.3 Å². The van der Waals surface area contributed by atoms with Gasteiger partial charge in [-0.25, -0.2) is 23.7 Å². The zero-order valence-corrected chi connectivity index (χ0v) is 17.6. The van der Waals surface area contributed by atoms with Gasteiger partial charge >= 0.3 is 6.03 Å². The topological polar surface area (TPSA) is 84.2 Å². The van der Waals surface area contributed by atoms with E-state index in [-0.39, 0.29) is 11.8 Å². The quantitative estimate of drug-likeness (QED) is 0.453. The first-order valence-electron chi connectivity index (χ1n) is 9.32. The molecule has 2 aromatic heterocycles. The number of urea groups is 1. The summed E-state index contributed by atoms with van der Waals surface area (Å²) < 4.78 is 16.0. The number of rotatable bonds is 5. The monoisotopic (exact) mass is 468 g/mol. The van der Waals surface area contributed by atoms with Gasteiger partial charge in [0.1, 0.15) is 11.5 Å². The summed E-state index contributed by atoms with van der Waals surface area (Å²) in [6.45, 7) is 2.41. The first kappa shape index (κ1) is 20.0. The first-order valence-corrected chi connectivity index (χ1v) is 10.1.